The summed E-state index contributed by atoms with van der Waals surface area (Å²) in [7, 11) is 2.19. The predicted octanol–water partition coefficient (Wildman–Crippen LogP) is 2.42. The molecule has 3 nitrogen and oxygen atoms in total. The molecule has 1 saturated heterocycles. The fourth-order valence-electron chi connectivity index (χ4n) is 2.52. The van der Waals surface area contributed by atoms with E-state index in [2.05, 4.69) is 42.8 Å². The Balaban J connectivity index is 2.14. The fraction of sp³-hybridized carbons (Fsp3) is 0.533. The van der Waals surface area contributed by atoms with Crippen LogP contribution in [0, 0.1) is 0 Å². The number of ketones is 1. The van der Waals surface area contributed by atoms with E-state index in [1.165, 1.54) is 5.69 Å². The maximum atomic E-state index is 11.3. The van der Waals surface area contributed by atoms with Crippen LogP contribution in [0.4, 0.5) is 5.69 Å². The Labute approximate surface area is 109 Å². The van der Waals surface area contributed by atoms with E-state index in [1.54, 1.807) is 6.92 Å². The van der Waals surface area contributed by atoms with Gasteiger partial charge < -0.3 is 4.90 Å². The molecule has 0 bridgehead atoms. The Bertz CT molecular complexity index is 415. The number of likely N-dealkylation sites (N-methyl/N-ethyl adjacent to an activating group) is 1. The second kappa shape index (κ2) is 5.11. The number of benzene rings is 1. The Kier molecular flexibility index (Phi) is 3.71. The maximum absolute atomic E-state index is 11.3. The molecular weight excluding hydrogens is 224 g/mol. The lowest BCUT2D eigenvalue weighted by atomic mass is 10.1. The van der Waals surface area contributed by atoms with Gasteiger partial charge in [0.15, 0.2) is 5.78 Å². The fourth-order valence-corrected chi connectivity index (χ4v) is 2.52. The van der Waals surface area contributed by atoms with Crippen molar-refractivity contribution in [2.24, 2.45) is 0 Å². The monoisotopic (exact) mass is 246 g/mol. The summed E-state index contributed by atoms with van der Waals surface area (Å²) < 4.78 is 0. The number of carbonyl (C=O) groups is 1. The van der Waals surface area contributed by atoms with E-state index in [0.29, 0.717) is 12.1 Å². The third kappa shape index (κ3) is 2.56. The van der Waals surface area contributed by atoms with Crippen LogP contribution in [0.2, 0.25) is 0 Å². The first kappa shape index (κ1) is 13.1. The number of carbonyl (C=O) groups excluding carboxylic acids is 1. The first-order chi connectivity index (χ1) is 8.49. The minimum atomic E-state index is 0.127. The van der Waals surface area contributed by atoms with Gasteiger partial charge in [0, 0.05) is 36.4 Å². The van der Waals surface area contributed by atoms with Crippen LogP contribution in [0.25, 0.3) is 0 Å². The van der Waals surface area contributed by atoms with Gasteiger partial charge in [0.05, 0.1) is 0 Å². The van der Waals surface area contributed by atoms with Gasteiger partial charge in [-0.1, -0.05) is 0 Å². The van der Waals surface area contributed by atoms with Gasteiger partial charge in [-0.2, -0.15) is 0 Å². The molecule has 1 aromatic rings. The number of piperazine rings is 1. The number of Topliss-reactive ketones (excluding diaryl/α,β-unsaturated/α-hetero) is 1. The first-order valence-corrected chi connectivity index (χ1v) is 6.57. The molecule has 0 aromatic heterocycles. The molecule has 0 aliphatic carbocycles. The van der Waals surface area contributed by atoms with Crippen molar-refractivity contribution in [1.29, 1.82) is 0 Å². The molecular formula is C15H22N2O. The highest BCUT2D eigenvalue weighted by atomic mass is 16.1. The first-order valence-electron chi connectivity index (χ1n) is 6.57. The molecule has 0 radical (unpaired) electrons. The molecule has 0 N–H and O–H groups in total. The molecule has 0 saturated carbocycles. The molecule has 1 heterocycles. The quantitative estimate of drug-likeness (QED) is 0.749. The van der Waals surface area contributed by atoms with Gasteiger partial charge in [0.1, 0.15) is 0 Å². The van der Waals surface area contributed by atoms with Crippen molar-refractivity contribution in [2.75, 3.05) is 25.0 Å². The largest absolute Gasteiger partial charge is 0.368 e. The molecule has 1 aliphatic rings. The third-order valence-electron chi connectivity index (χ3n) is 4.00. The summed E-state index contributed by atoms with van der Waals surface area (Å²) in [6.45, 7) is 8.20. The summed E-state index contributed by atoms with van der Waals surface area (Å²) in [6.07, 6.45) is 0. The van der Waals surface area contributed by atoms with E-state index in [9.17, 15) is 4.79 Å². The van der Waals surface area contributed by atoms with Gasteiger partial charge in [-0.15, -0.1) is 0 Å². The van der Waals surface area contributed by atoms with Crippen LogP contribution in [-0.2, 0) is 0 Å². The topological polar surface area (TPSA) is 23.6 Å². The molecule has 1 aliphatic heterocycles. The third-order valence-corrected chi connectivity index (χ3v) is 4.00. The van der Waals surface area contributed by atoms with Gasteiger partial charge in [-0.3, -0.25) is 9.69 Å². The van der Waals surface area contributed by atoms with Gasteiger partial charge in [-0.25, -0.2) is 0 Å². The van der Waals surface area contributed by atoms with Crippen LogP contribution in [-0.4, -0.2) is 42.9 Å². The summed E-state index contributed by atoms with van der Waals surface area (Å²) >= 11 is 0. The predicted molar refractivity (Wildman–Crippen MR) is 75.3 cm³/mol. The van der Waals surface area contributed by atoms with E-state index in [-0.39, 0.29) is 5.78 Å². The zero-order valence-corrected chi connectivity index (χ0v) is 11.7. The highest BCUT2D eigenvalue weighted by Gasteiger charge is 2.26. The van der Waals surface area contributed by atoms with Gasteiger partial charge in [0.25, 0.3) is 0 Å². The van der Waals surface area contributed by atoms with Crippen LogP contribution >= 0.6 is 0 Å². The molecule has 0 spiro atoms. The van der Waals surface area contributed by atoms with Crippen LogP contribution < -0.4 is 4.90 Å². The molecule has 3 heteroatoms. The number of rotatable bonds is 2. The lowest BCUT2D eigenvalue weighted by molar-refractivity contribution is 0.101. The lowest BCUT2D eigenvalue weighted by Gasteiger charge is -2.43. The van der Waals surface area contributed by atoms with Crippen molar-refractivity contribution in [3.63, 3.8) is 0 Å². The van der Waals surface area contributed by atoms with Crippen molar-refractivity contribution < 1.29 is 4.79 Å². The van der Waals surface area contributed by atoms with Crippen molar-refractivity contribution in [1.82, 2.24) is 4.90 Å². The Morgan fingerprint density at radius 3 is 2.06 bits per heavy atom. The minimum absolute atomic E-state index is 0.127. The molecule has 18 heavy (non-hydrogen) atoms. The lowest BCUT2D eigenvalue weighted by Crippen LogP contribution is -2.55. The molecule has 2 unspecified atom stereocenters. The van der Waals surface area contributed by atoms with Crippen molar-refractivity contribution >= 4 is 11.5 Å². The molecule has 1 aromatic carbocycles. The highest BCUT2D eigenvalue weighted by Crippen LogP contribution is 2.21. The van der Waals surface area contributed by atoms with E-state index in [1.807, 2.05) is 12.1 Å². The number of anilines is 1. The molecule has 0 amide bonds. The van der Waals surface area contributed by atoms with Gasteiger partial charge in [0.2, 0.25) is 0 Å². The van der Waals surface area contributed by atoms with Crippen molar-refractivity contribution in [2.45, 2.75) is 32.9 Å². The van der Waals surface area contributed by atoms with Crippen molar-refractivity contribution in [3.05, 3.63) is 29.8 Å². The summed E-state index contributed by atoms with van der Waals surface area (Å²) in [6, 6.07) is 9.07. The number of hydrogen-bond acceptors (Lipinski definition) is 3. The van der Waals surface area contributed by atoms with Gasteiger partial charge in [-0.05, 0) is 52.1 Å². The van der Waals surface area contributed by atoms with Crippen LogP contribution in [0.5, 0.6) is 0 Å². The van der Waals surface area contributed by atoms with Crippen molar-refractivity contribution in [3.8, 4) is 0 Å². The minimum Gasteiger partial charge on any atom is -0.368 e. The number of hydrogen-bond donors (Lipinski definition) is 0. The Morgan fingerprint density at radius 1 is 1.11 bits per heavy atom. The standard InChI is InChI=1S/C15H22N2O/c1-11-9-17(10-12(2)16(11)4)15-7-5-14(6-8-15)13(3)18/h5-8,11-12H,9-10H2,1-4H3. The summed E-state index contributed by atoms with van der Waals surface area (Å²) in [4.78, 5) is 16.1. The van der Waals surface area contributed by atoms with E-state index < -0.39 is 0 Å². The molecule has 2 rings (SSSR count). The van der Waals surface area contributed by atoms with E-state index in [0.717, 1.165) is 18.7 Å². The smallest absolute Gasteiger partial charge is 0.159 e. The molecule has 2 atom stereocenters. The normalized spacial score (nSPS) is 25.2. The Morgan fingerprint density at radius 2 is 1.61 bits per heavy atom. The van der Waals surface area contributed by atoms with E-state index >= 15 is 0 Å². The Hall–Kier alpha value is -1.35. The van der Waals surface area contributed by atoms with Gasteiger partial charge >= 0.3 is 0 Å². The highest BCUT2D eigenvalue weighted by molar-refractivity contribution is 5.94. The summed E-state index contributed by atoms with van der Waals surface area (Å²) in [5.74, 6) is 0.127. The summed E-state index contributed by atoms with van der Waals surface area (Å²) in [5, 5.41) is 0. The zero-order chi connectivity index (χ0) is 13.3. The molecule has 1 fully saturated rings. The van der Waals surface area contributed by atoms with Crippen LogP contribution in [0.15, 0.2) is 24.3 Å². The van der Waals surface area contributed by atoms with Crippen LogP contribution in [0.3, 0.4) is 0 Å². The second-order valence-electron chi connectivity index (χ2n) is 5.37. The van der Waals surface area contributed by atoms with Crippen LogP contribution in [0.1, 0.15) is 31.1 Å². The number of nitrogens with zero attached hydrogens (tertiary/aromatic N) is 2. The SMILES string of the molecule is CC(=O)c1ccc(N2CC(C)N(C)C(C)C2)cc1. The van der Waals surface area contributed by atoms with E-state index in [4.69, 9.17) is 0 Å². The average molecular weight is 246 g/mol. The zero-order valence-electron chi connectivity index (χ0n) is 11.7. The average Bonchev–Trinajstić information content (AvgIpc) is 2.35. The second-order valence-corrected chi connectivity index (χ2v) is 5.37. The maximum Gasteiger partial charge on any atom is 0.159 e. The molecule has 98 valence electrons. The summed E-state index contributed by atoms with van der Waals surface area (Å²) in [5.41, 5.74) is 2.00.